The average molecular weight is 265 g/mol. The molecule has 0 amide bonds. The zero-order chi connectivity index (χ0) is 9.52. The fraction of sp³-hybridized carbons (Fsp3) is 0.750. The molecule has 0 atom stereocenters. The van der Waals surface area contributed by atoms with Crippen molar-refractivity contribution in [1.82, 2.24) is 10.2 Å². The van der Waals surface area contributed by atoms with E-state index in [1.54, 1.807) is 11.8 Å². The lowest BCUT2D eigenvalue weighted by Gasteiger charge is -1.95. The topological polar surface area (TPSA) is 38.9 Å². The molecule has 0 saturated heterocycles. The molecule has 3 nitrogen and oxygen atoms in total. The van der Waals surface area contributed by atoms with Crippen LogP contribution in [0.15, 0.2) is 9.64 Å². The first-order chi connectivity index (χ1) is 6.33. The van der Waals surface area contributed by atoms with Gasteiger partial charge in [-0.3, -0.25) is 0 Å². The molecule has 0 aliphatic heterocycles. The molecule has 1 aromatic heterocycles. The van der Waals surface area contributed by atoms with Crippen LogP contribution in [0, 0.1) is 6.92 Å². The van der Waals surface area contributed by atoms with Crippen molar-refractivity contribution in [3.8, 4) is 0 Å². The van der Waals surface area contributed by atoms with Crippen molar-refractivity contribution in [1.29, 1.82) is 0 Å². The van der Waals surface area contributed by atoms with Crippen molar-refractivity contribution < 1.29 is 4.42 Å². The number of unbranched alkanes of at least 4 members (excludes halogenated alkanes) is 2. The third kappa shape index (κ3) is 4.67. The van der Waals surface area contributed by atoms with Crippen LogP contribution in [-0.4, -0.2) is 21.3 Å². The SMILES string of the molecule is Cc1nnc(SCCCCCBr)o1. The molecule has 0 bridgehead atoms. The Balaban J connectivity index is 2.06. The fourth-order valence-electron chi connectivity index (χ4n) is 0.870. The number of hydrogen-bond donors (Lipinski definition) is 0. The zero-order valence-corrected chi connectivity index (χ0v) is 10.0. The molecule has 0 spiro atoms. The summed E-state index contributed by atoms with van der Waals surface area (Å²) in [6.07, 6.45) is 3.70. The largest absolute Gasteiger partial charge is 0.416 e. The minimum absolute atomic E-state index is 0.642. The van der Waals surface area contributed by atoms with Gasteiger partial charge < -0.3 is 4.42 Å². The van der Waals surface area contributed by atoms with Gasteiger partial charge in [0, 0.05) is 18.0 Å². The molecule has 0 aliphatic rings. The van der Waals surface area contributed by atoms with E-state index in [1.165, 1.54) is 19.3 Å². The predicted octanol–water partition coefficient (Wildman–Crippen LogP) is 3.04. The Morgan fingerprint density at radius 2 is 2.15 bits per heavy atom. The standard InChI is InChI=1S/C8H13BrN2OS/c1-7-10-11-8(12-7)13-6-4-2-3-5-9/h2-6H2,1H3. The van der Waals surface area contributed by atoms with Crippen LogP contribution in [0.2, 0.25) is 0 Å². The summed E-state index contributed by atoms with van der Waals surface area (Å²) in [5.41, 5.74) is 0. The molecule has 5 heteroatoms. The monoisotopic (exact) mass is 264 g/mol. The summed E-state index contributed by atoms with van der Waals surface area (Å²) < 4.78 is 5.22. The molecule has 0 aromatic carbocycles. The highest BCUT2D eigenvalue weighted by Crippen LogP contribution is 2.17. The first-order valence-corrected chi connectivity index (χ1v) is 6.42. The lowest BCUT2D eigenvalue weighted by molar-refractivity contribution is 0.429. The summed E-state index contributed by atoms with van der Waals surface area (Å²) in [6.45, 7) is 1.81. The van der Waals surface area contributed by atoms with Crippen LogP contribution in [0.1, 0.15) is 25.2 Å². The van der Waals surface area contributed by atoms with Gasteiger partial charge in [-0.1, -0.05) is 34.1 Å². The van der Waals surface area contributed by atoms with Crippen LogP contribution in [0.25, 0.3) is 0 Å². The van der Waals surface area contributed by atoms with Gasteiger partial charge in [0.25, 0.3) is 5.22 Å². The predicted molar refractivity (Wildman–Crippen MR) is 57.4 cm³/mol. The van der Waals surface area contributed by atoms with Crippen LogP contribution in [-0.2, 0) is 0 Å². The minimum atomic E-state index is 0.642. The third-order valence-corrected chi connectivity index (χ3v) is 2.98. The van der Waals surface area contributed by atoms with Gasteiger partial charge in [-0.2, -0.15) is 0 Å². The molecular weight excluding hydrogens is 252 g/mol. The number of alkyl halides is 1. The number of thioether (sulfide) groups is 1. The van der Waals surface area contributed by atoms with Crippen LogP contribution in [0.4, 0.5) is 0 Å². The summed E-state index contributed by atoms with van der Waals surface area (Å²) in [6, 6.07) is 0. The van der Waals surface area contributed by atoms with Gasteiger partial charge in [-0.25, -0.2) is 0 Å². The summed E-state index contributed by atoms with van der Waals surface area (Å²) >= 11 is 5.04. The summed E-state index contributed by atoms with van der Waals surface area (Å²) in [5, 5.41) is 9.44. The molecular formula is C8H13BrN2OS. The third-order valence-electron chi connectivity index (χ3n) is 1.51. The van der Waals surface area contributed by atoms with Gasteiger partial charge >= 0.3 is 0 Å². The lowest BCUT2D eigenvalue weighted by Crippen LogP contribution is -1.82. The number of rotatable bonds is 6. The van der Waals surface area contributed by atoms with Gasteiger partial charge in [0.1, 0.15) is 0 Å². The summed E-state index contributed by atoms with van der Waals surface area (Å²) in [5.74, 6) is 1.71. The van der Waals surface area contributed by atoms with E-state index in [2.05, 4.69) is 26.1 Å². The van der Waals surface area contributed by atoms with Crippen LogP contribution >= 0.6 is 27.7 Å². The van der Waals surface area contributed by atoms with E-state index in [0.29, 0.717) is 11.1 Å². The first-order valence-electron chi connectivity index (χ1n) is 4.32. The Bertz CT molecular complexity index is 242. The Labute approximate surface area is 90.8 Å². The van der Waals surface area contributed by atoms with Crippen molar-refractivity contribution >= 4 is 27.7 Å². The highest BCUT2D eigenvalue weighted by Gasteiger charge is 2.01. The molecule has 0 aliphatic carbocycles. The molecule has 1 rings (SSSR count). The van der Waals surface area contributed by atoms with Crippen molar-refractivity contribution in [2.75, 3.05) is 11.1 Å². The van der Waals surface area contributed by atoms with E-state index in [4.69, 9.17) is 4.42 Å². The molecule has 0 N–H and O–H groups in total. The van der Waals surface area contributed by atoms with Crippen molar-refractivity contribution in [3.63, 3.8) is 0 Å². The van der Waals surface area contributed by atoms with Gasteiger partial charge in [0.05, 0.1) is 0 Å². The van der Waals surface area contributed by atoms with E-state index < -0.39 is 0 Å². The van der Waals surface area contributed by atoms with E-state index in [9.17, 15) is 0 Å². The highest BCUT2D eigenvalue weighted by atomic mass is 79.9. The Morgan fingerprint density at radius 1 is 1.31 bits per heavy atom. The fourth-order valence-corrected chi connectivity index (χ4v) is 2.07. The Morgan fingerprint density at radius 3 is 2.77 bits per heavy atom. The van der Waals surface area contributed by atoms with Crippen LogP contribution in [0.3, 0.4) is 0 Å². The number of nitrogens with zero attached hydrogens (tertiary/aromatic N) is 2. The highest BCUT2D eigenvalue weighted by molar-refractivity contribution is 9.09. The normalized spacial score (nSPS) is 10.6. The second kappa shape index (κ2) is 6.43. The van der Waals surface area contributed by atoms with Crippen molar-refractivity contribution in [3.05, 3.63) is 5.89 Å². The molecule has 0 fully saturated rings. The van der Waals surface area contributed by atoms with Gasteiger partial charge in [0.2, 0.25) is 5.89 Å². The number of halogens is 1. The van der Waals surface area contributed by atoms with Crippen molar-refractivity contribution in [2.24, 2.45) is 0 Å². The molecule has 0 saturated carbocycles. The number of hydrogen-bond acceptors (Lipinski definition) is 4. The second-order valence-corrected chi connectivity index (χ2v) is 4.52. The van der Waals surface area contributed by atoms with Gasteiger partial charge in [0.15, 0.2) is 0 Å². The molecule has 1 aromatic rings. The maximum absolute atomic E-state index is 5.22. The zero-order valence-electron chi connectivity index (χ0n) is 7.62. The van der Waals surface area contributed by atoms with Crippen LogP contribution < -0.4 is 0 Å². The molecule has 74 valence electrons. The maximum Gasteiger partial charge on any atom is 0.276 e. The van der Waals surface area contributed by atoms with Gasteiger partial charge in [-0.15, -0.1) is 10.2 Å². The number of aromatic nitrogens is 2. The number of aryl methyl sites for hydroxylation is 1. The molecule has 0 radical (unpaired) electrons. The van der Waals surface area contributed by atoms with E-state index >= 15 is 0 Å². The lowest BCUT2D eigenvalue weighted by atomic mass is 10.3. The first kappa shape index (κ1) is 11.0. The van der Waals surface area contributed by atoms with Crippen molar-refractivity contribution in [2.45, 2.75) is 31.4 Å². The average Bonchev–Trinajstić information content (AvgIpc) is 2.51. The molecule has 13 heavy (non-hydrogen) atoms. The molecule has 0 unspecified atom stereocenters. The Kier molecular flexibility index (Phi) is 5.46. The van der Waals surface area contributed by atoms with Crippen LogP contribution in [0.5, 0.6) is 0 Å². The van der Waals surface area contributed by atoms with Gasteiger partial charge in [-0.05, 0) is 12.8 Å². The summed E-state index contributed by atoms with van der Waals surface area (Å²) in [7, 11) is 0. The maximum atomic E-state index is 5.22. The minimum Gasteiger partial charge on any atom is -0.416 e. The van der Waals surface area contributed by atoms with E-state index in [-0.39, 0.29) is 0 Å². The van der Waals surface area contributed by atoms with E-state index in [0.717, 1.165) is 11.1 Å². The molecule has 1 heterocycles. The quantitative estimate of drug-likeness (QED) is 0.450. The second-order valence-electron chi connectivity index (χ2n) is 2.69. The Hall–Kier alpha value is -0.0300. The smallest absolute Gasteiger partial charge is 0.276 e. The van der Waals surface area contributed by atoms with E-state index in [1.807, 2.05) is 6.92 Å². The summed E-state index contributed by atoms with van der Waals surface area (Å²) in [4.78, 5) is 0.